The van der Waals surface area contributed by atoms with Crippen LogP contribution in [0.3, 0.4) is 0 Å². The molecule has 1 aliphatic rings. The number of carbonyl (C=O) groups excluding carboxylic acids is 1. The standard InChI is InChI=1S/C20H22O3.Na/c1-2-3-4-7-13-22-20(21)16-10-8-12-19-17(16)14-15-9-5-6-11-18(15)23-19;/h5-6,8-12H,2-4,7,13-14H2,1H3;. The first-order chi connectivity index (χ1) is 11.3. The molecule has 0 bridgehead atoms. The maximum Gasteiger partial charge on any atom is 0.338 e. The van der Waals surface area contributed by atoms with Gasteiger partial charge in [0, 0.05) is 41.5 Å². The van der Waals surface area contributed by atoms with Gasteiger partial charge in [-0.1, -0.05) is 50.5 Å². The third kappa shape index (κ3) is 4.41. The first-order valence-electron chi connectivity index (χ1n) is 8.34. The third-order valence-electron chi connectivity index (χ3n) is 4.14. The van der Waals surface area contributed by atoms with Crippen LogP contribution in [0.25, 0.3) is 0 Å². The Morgan fingerprint density at radius 3 is 2.67 bits per heavy atom. The van der Waals surface area contributed by atoms with Crippen molar-refractivity contribution in [3.63, 3.8) is 0 Å². The Morgan fingerprint density at radius 1 is 1.04 bits per heavy atom. The number of rotatable bonds is 6. The maximum absolute atomic E-state index is 12.4. The van der Waals surface area contributed by atoms with E-state index in [2.05, 4.69) is 6.92 Å². The Bertz CT molecular complexity index is 697. The van der Waals surface area contributed by atoms with Crippen molar-refractivity contribution in [2.24, 2.45) is 0 Å². The first-order valence-corrected chi connectivity index (χ1v) is 8.34. The minimum Gasteiger partial charge on any atom is -0.462 e. The van der Waals surface area contributed by atoms with E-state index >= 15 is 0 Å². The third-order valence-corrected chi connectivity index (χ3v) is 4.14. The number of benzene rings is 2. The van der Waals surface area contributed by atoms with Gasteiger partial charge in [0.15, 0.2) is 0 Å². The van der Waals surface area contributed by atoms with E-state index < -0.39 is 0 Å². The van der Waals surface area contributed by atoms with Crippen molar-refractivity contribution < 1.29 is 14.3 Å². The number of unbranched alkanes of at least 4 members (excludes halogenated alkanes) is 3. The topological polar surface area (TPSA) is 35.5 Å². The molecule has 0 unspecified atom stereocenters. The Labute approximate surface area is 165 Å². The second-order valence-corrected chi connectivity index (χ2v) is 5.87. The number of ether oxygens (including phenoxy) is 2. The molecule has 24 heavy (non-hydrogen) atoms. The van der Waals surface area contributed by atoms with Gasteiger partial charge in [-0.15, -0.1) is 0 Å². The van der Waals surface area contributed by atoms with E-state index in [9.17, 15) is 4.79 Å². The van der Waals surface area contributed by atoms with Crippen LogP contribution in [-0.4, -0.2) is 42.1 Å². The zero-order valence-electron chi connectivity index (χ0n) is 14.5. The largest absolute Gasteiger partial charge is 0.462 e. The molecule has 0 N–H and O–H groups in total. The van der Waals surface area contributed by atoms with Gasteiger partial charge in [0.25, 0.3) is 0 Å². The summed E-state index contributed by atoms with van der Waals surface area (Å²) in [6.45, 7) is 2.65. The van der Waals surface area contributed by atoms with Gasteiger partial charge in [0.2, 0.25) is 0 Å². The fourth-order valence-electron chi connectivity index (χ4n) is 2.86. The quantitative estimate of drug-likeness (QED) is 0.371. The minimum atomic E-state index is -0.249. The molecule has 0 aromatic heterocycles. The van der Waals surface area contributed by atoms with Gasteiger partial charge in [-0.2, -0.15) is 0 Å². The van der Waals surface area contributed by atoms with Crippen molar-refractivity contribution in [2.45, 2.75) is 39.0 Å². The molecule has 1 aliphatic heterocycles. The van der Waals surface area contributed by atoms with Crippen LogP contribution in [0, 0.1) is 0 Å². The van der Waals surface area contributed by atoms with Gasteiger partial charge in [0.1, 0.15) is 11.5 Å². The van der Waals surface area contributed by atoms with Gasteiger partial charge in [-0.3, -0.25) is 0 Å². The second kappa shape index (κ2) is 9.26. The van der Waals surface area contributed by atoms with E-state index in [1.54, 1.807) is 0 Å². The molecule has 0 fully saturated rings. The number of fused-ring (bicyclic) bond motifs is 2. The molecule has 1 heterocycles. The molecular formula is C20H22NaO3. The summed E-state index contributed by atoms with van der Waals surface area (Å²) in [5.41, 5.74) is 2.64. The van der Waals surface area contributed by atoms with Crippen molar-refractivity contribution in [2.75, 3.05) is 6.61 Å². The van der Waals surface area contributed by atoms with Gasteiger partial charge >= 0.3 is 5.97 Å². The van der Waals surface area contributed by atoms with Crippen LogP contribution >= 0.6 is 0 Å². The van der Waals surface area contributed by atoms with E-state index in [0.717, 1.165) is 35.5 Å². The molecule has 0 saturated carbocycles. The van der Waals surface area contributed by atoms with Crippen LogP contribution in [0.5, 0.6) is 11.5 Å². The predicted octanol–water partition coefficient (Wildman–Crippen LogP) is 4.74. The summed E-state index contributed by atoms with van der Waals surface area (Å²) < 4.78 is 11.4. The molecule has 2 aromatic carbocycles. The van der Waals surface area contributed by atoms with Crippen molar-refractivity contribution in [1.29, 1.82) is 0 Å². The Morgan fingerprint density at radius 2 is 1.83 bits per heavy atom. The molecule has 0 aliphatic carbocycles. The summed E-state index contributed by atoms with van der Waals surface area (Å²) in [4.78, 5) is 12.4. The van der Waals surface area contributed by atoms with Gasteiger partial charge in [-0.25, -0.2) is 4.79 Å². The van der Waals surface area contributed by atoms with Crippen molar-refractivity contribution in [1.82, 2.24) is 0 Å². The zero-order chi connectivity index (χ0) is 16.1. The maximum atomic E-state index is 12.4. The molecule has 0 saturated heterocycles. The van der Waals surface area contributed by atoms with E-state index in [0.29, 0.717) is 18.6 Å². The summed E-state index contributed by atoms with van der Waals surface area (Å²) in [5.74, 6) is 1.37. The van der Waals surface area contributed by atoms with Crippen LogP contribution in [0.15, 0.2) is 42.5 Å². The van der Waals surface area contributed by atoms with E-state index in [1.165, 1.54) is 12.8 Å². The number of hydrogen-bond donors (Lipinski definition) is 0. The Balaban J connectivity index is 0.00000208. The molecule has 1 radical (unpaired) electrons. The Kier molecular flexibility index (Phi) is 7.35. The average molecular weight is 333 g/mol. The van der Waals surface area contributed by atoms with Gasteiger partial charge in [-0.05, 0) is 30.2 Å². The Hall–Kier alpha value is -1.29. The molecule has 3 nitrogen and oxygen atoms in total. The molecule has 0 atom stereocenters. The average Bonchev–Trinajstić information content (AvgIpc) is 2.59. The predicted molar refractivity (Wildman–Crippen MR) is 95.9 cm³/mol. The van der Waals surface area contributed by atoms with Gasteiger partial charge in [0.05, 0.1) is 12.2 Å². The van der Waals surface area contributed by atoms with Crippen molar-refractivity contribution in [3.05, 3.63) is 59.2 Å². The fourth-order valence-corrected chi connectivity index (χ4v) is 2.86. The summed E-state index contributed by atoms with van der Waals surface area (Å²) in [6.07, 6.45) is 5.09. The number of esters is 1. The molecule has 0 amide bonds. The van der Waals surface area contributed by atoms with E-state index in [-0.39, 0.29) is 35.5 Å². The van der Waals surface area contributed by atoms with E-state index in [4.69, 9.17) is 9.47 Å². The number of hydrogen-bond acceptors (Lipinski definition) is 3. The fraction of sp³-hybridized carbons (Fsp3) is 0.350. The minimum absolute atomic E-state index is 0. The molecule has 3 rings (SSSR count). The second-order valence-electron chi connectivity index (χ2n) is 5.87. The van der Waals surface area contributed by atoms with Crippen LogP contribution in [0.2, 0.25) is 0 Å². The SMILES string of the molecule is CCCCCCOC(=O)c1cccc2c1Cc1ccccc1O2.[Na]. The normalized spacial score (nSPS) is 11.5. The van der Waals surface area contributed by atoms with Crippen LogP contribution < -0.4 is 4.74 Å². The summed E-state index contributed by atoms with van der Waals surface area (Å²) in [7, 11) is 0. The molecule has 0 spiro atoms. The number of para-hydroxylation sites is 1. The van der Waals surface area contributed by atoms with Crippen LogP contribution in [0.4, 0.5) is 0 Å². The molecule has 2 aromatic rings. The molecule has 4 heteroatoms. The smallest absolute Gasteiger partial charge is 0.338 e. The molecule has 121 valence electrons. The zero-order valence-corrected chi connectivity index (χ0v) is 16.5. The van der Waals surface area contributed by atoms with Crippen LogP contribution in [0.1, 0.15) is 54.1 Å². The van der Waals surface area contributed by atoms with Crippen molar-refractivity contribution >= 4 is 35.5 Å². The number of carbonyl (C=O) groups is 1. The van der Waals surface area contributed by atoms with Crippen molar-refractivity contribution in [3.8, 4) is 11.5 Å². The first kappa shape index (κ1) is 19.0. The van der Waals surface area contributed by atoms with E-state index in [1.807, 2.05) is 42.5 Å². The summed E-state index contributed by atoms with van der Waals surface area (Å²) >= 11 is 0. The van der Waals surface area contributed by atoms with Gasteiger partial charge < -0.3 is 9.47 Å². The monoisotopic (exact) mass is 333 g/mol. The summed E-state index contributed by atoms with van der Waals surface area (Å²) in [6, 6.07) is 13.5. The summed E-state index contributed by atoms with van der Waals surface area (Å²) in [5, 5.41) is 0. The molecular weight excluding hydrogens is 311 g/mol. The van der Waals surface area contributed by atoms with Crippen LogP contribution in [-0.2, 0) is 11.2 Å².